The summed E-state index contributed by atoms with van der Waals surface area (Å²) < 4.78 is 13.8. The van der Waals surface area contributed by atoms with Crippen molar-refractivity contribution in [3.63, 3.8) is 0 Å². The Morgan fingerprint density at radius 3 is 2.70 bits per heavy atom. The minimum Gasteiger partial charge on any atom is -0.480 e. The van der Waals surface area contributed by atoms with Crippen LogP contribution in [0.15, 0.2) is 30.5 Å². The molecule has 1 amide bonds. The molecule has 1 fully saturated rings. The first-order chi connectivity index (χ1) is 11.0. The summed E-state index contributed by atoms with van der Waals surface area (Å²) >= 11 is 1.08. The van der Waals surface area contributed by atoms with Gasteiger partial charge in [-0.1, -0.05) is 12.1 Å². The number of hydrogen-bond acceptors (Lipinski definition) is 4. The molecule has 1 N–H and O–H groups in total. The van der Waals surface area contributed by atoms with Gasteiger partial charge in [-0.05, 0) is 31.9 Å². The van der Waals surface area contributed by atoms with Crippen molar-refractivity contribution >= 4 is 23.2 Å². The summed E-state index contributed by atoms with van der Waals surface area (Å²) in [6.45, 7) is 1.50. The minimum absolute atomic E-state index is 0.0346. The van der Waals surface area contributed by atoms with Crippen LogP contribution in [0.25, 0.3) is 10.6 Å². The van der Waals surface area contributed by atoms with Gasteiger partial charge in [0.05, 0.1) is 6.20 Å². The standard InChI is InChI=1S/C16H15FN2O3S/c1-9(16(21)22)19(10-6-7-10)15(20)13-8-18-14(23-13)11-4-2-3-5-12(11)17/h2-5,8-10H,6-7H2,1H3,(H,21,22). The third kappa shape index (κ3) is 3.10. The molecule has 2 aromatic rings. The van der Waals surface area contributed by atoms with E-state index in [9.17, 15) is 19.1 Å². The number of carboxylic acids is 1. The van der Waals surface area contributed by atoms with Crippen molar-refractivity contribution in [3.05, 3.63) is 41.2 Å². The molecule has 1 saturated carbocycles. The highest BCUT2D eigenvalue weighted by molar-refractivity contribution is 7.16. The number of thiazole rings is 1. The number of hydrogen-bond donors (Lipinski definition) is 1. The smallest absolute Gasteiger partial charge is 0.326 e. The Morgan fingerprint density at radius 1 is 1.39 bits per heavy atom. The zero-order chi connectivity index (χ0) is 16.6. The van der Waals surface area contributed by atoms with Gasteiger partial charge >= 0.3 is 5.97 Å². The van der Waals surface area contributed by atoms with E-state index < -0.39 is 17.8 Å². The Bertz CT molecular complexity index is 757. The predicted octanol–water partition coefficient (Wildman–Crippen LogP) is 3.03. The van der Waals surface area contributed by atoms with Crippen molar-refractivity contribution in [2.75, 3.05) is 0 Å². The third-order valence-corrected chi connectivity index (χ3v) is 4.79. The molecule has 0 spiro atoms. The van der Waals surface area contributed by atoms with E-state index in [0.717, 1.165) is 24.2 Å². The lowest BCUT2D eigenvalue weighted by Gasteiger charge is -2.25. The van der Waals surface area contributed by atoms with E-state index in [2.05, 4.69) is 4.98 Å². The van der Waals surface area contributed by atoms with Crippen LogP contribution >= 0.6 is 11.3 Å². The summed E-state index contributed by atoms with van der Waals surface area (Å²) in [6.07, 6.45) is 3.00. The lowest BCUT2D eigenvalue weighted by atomic mass is 10.2. The van der Waals surface area contributed by atoms with Crippen molar-refractivity contribution in [1.82, 2.24) is 9.88 Å². The molecule has 0 saturated heterocycles. The van der Waals surface area contributed by atoms with Crippen LogP contribution in [0.3, 0.4) is 0 Å². The number of halogens is 1. The molecular weight excluding hydrogens is 319 g/mol. The van der Waals surface area contributed by atoms with E-state index in [4.69, 9.17) is 0 Å². The fourth-order valence-corrected chi connectivity index (χ4v) is 3.28. The molecule has 1 unspecified atom stereocenters. The van der Waals surface area contributed by atoms with E-state index in [1.165, 1.54) is 24.1 Å². The van der Waals surface area contributed by atoms with E-state index in [0.29, 0.717) is 15.4 Å². The molecule has 0 aliphatic heterocycles. The van der Waals surface area contributed by atoms with Crippen LogP contribution in [0.4, 0.5) is 4.39 Å². The molecule has 23 heavy (non-hydrogen) atoms. The fourth-order valence-electron chi connectivity index (χ4n) is 2.39. The Kier molecular flexibility index (Phi) is 4.12. The molecule has 7 heteroatoms. The zero-order valence-corrected chi connectivity index (χ0v) is 13.2. The van der Waals surface area contributed by atoms with Crippen molar-refractivity contribution in [3.8, 4) is 10.6 Å². The van der Waals surface area contributed by atoms with Gasteiger partial charge < -0.3 is 10.0 Å². The van der Waals surface area contributed by atoms with Gasteiger partial charge in [-0.25, -0.2) is 14.2 Å². The highest BCUT2D eigenvalue weighted by atomic mass is 32.1. The molecule has 1 aromatic carbocycles. The largest absolute Gasteiger partial charge is 0.480 e. The second-order valence-electron chi connectivity index (χ2n) is 5.47. The highest BCUT2D eigenvalue weighted by Gasteiger charge is 2.39. The van der Waals surface area contributed by atoms with Crippen LogP contribution in [0.5, 0.6) is 0 Å². The van der Waals surface area contributed by atoms with Gasteiger partial charge in [-0.15, -0.1) is 11.3 Å². The molecule has 3 rings (SSSR count). The molecule has 1 aromatic heterocycles. The Hall–Kier alpha value is -2.28. The van der Waals surface area contributed by atoms with Crippen molar-refractivity contribution in [1.29, 1.82) is 0 Å². The molecule has 1 aliphatic carbocycles. The van der Waals surface area contributed by atoms with Crippen LogP contribution in [0, 0.1) is 5.82 Å². The Balaban J connectivity index is 1.88. The first-order valence-electron chi connectivity index (χ1n) is 7.25. The van der Waals surface area contributed by atoms with Crippen molar-refractivity contribution < 1.29 is 19.1 Å². The SMILES string of the molecule is CC(C(=O)O)N(C(=O)c1cnc(-c2ccccc2F)s1)C1CC1. The summed E-state index contributed by atoms with van der Waals surface area (Å²) in [7, 11) is 0. The van der Waals surface area contributed by atoms with Crippen molar-refractivity contribution in [2.24, 2.45) is 0 Å². The average Bonchev–Trinajstić information content (AvgIpc) is 3.23. The quantitative estimate of drug-likeness (QED) is 0.912. The van der Waals surface area contributed by atoms with E-state index in [1.54, 1.807) is 18.2 Å². The topological polar surface area (TPSA) is 70.5 Å². The lowest BCUT2D eigenvalue weighted by Crippen LogP contribution is -2.44. The molecule has 0 radical (unpaired) electrons. The molecule has 5 nitrogen and oxygen atoms in total. The normalized spacial score (nSPS) is 15.2. The first kappa shape index (κ1) is 15.6. The average molecular weight is 334 g/mol. The monoisotopic (exact) mass is 334 g/mol. The van der Waals surface area contributed by atoms with Gasteiger partial charge in [-0.3, -0.25) is 4.79 Å². The second-order valence-corrected chi connectivity index (χ2v) is 6.50. The highest BCUT2D eigenvalue weighted by Crippen LogP contribution is 2.33. The van der Waals surface area contributed by atoms with E-state index in [-0.39, 0.29) is 11.9 Å². The number of carbonyl (C=O) groups excluding carboxylic acids is 1. The zero-order valence-electron chi connectivity index (χ0n) is 12.4. The first-order valence-corrected chi connectivity index (χ1v) is 8.07. The van der Waals surface area contributed by atoms with Crippen LogP contribution < -0.4 is 0 Å². The maximum atomic E-state index is 13.8. The van der Waals surface area contributed by atoms with Gasteiger partial charge in [0.15, 0.2) is 0 Å². The molecule has 1 aliphatic rings. The van der Waals surface area contributed by atoms with Gasteiger partial charge in [0, 0.05) is 11.6 Å². The number of carbonyl (C=O) groups is 2. The molecular formula is C16H15FN2O3S. The molecule has 1 heterocycles. The maximum absolute atomic E-state index is 13.8. The number of carboxylic acid groups (broad SMARTS) is 1. The van der Waals surface area contributed by atoms with Gasteiger partial charge in [0.2, 0.25) is 0 Å². The number of rotatable bonds is 5. The Labute approximate surface area is 136 Å². The lowest BCUT2D eigenvalue weighted by molar-refractivity contribution is -0.141. The van der Waals surface area contributed by atoms with E-state index in [1.807, 2.05) is 0 Å². The van der Waals surface area contributed by atoms with Crippen LogP contribution in [0.2, 0.25) is 0 Å². The number of amides is 1. The number of benzene rings is 1. The van der Waals surface area contributed by atoms with Crippen LogP contribution in [0.1, 0.15) is 29.4 Å². The molecule has 120 valence electrons. The number of nitrogens with zero attached hydrogens (tertiary/aromatic N) is 2. The maximum Gasteiger partial charge on any atom is 0.326 e. The molecule has 0 bridgehead atoms. The predicted molar refractivity (Wildman–Crippen MR) is 83.8 cm³/mol. The van der Waals surface area contributed by atoms with E-state index >= 15 is 0 Å². The summed E-state index contributed by atoms with van der Waals surface area (Å²) in [5.74, 6) is -1.80. The summed E-state index contributed by atoms with van der Waals surface area (Å²) in [6, 6.07) is 5.29. The summed E-state index contributed by atoms with van der Waals surface area (Å²) in [5.41, 5.74) is 0.334. The summed E-state index contributed by atoms with van der Waals surface area (Å²) in [4.78, 5) is 29.7. The molecule has 1 atom stereocenters. The van der Waals surface area contributed by atoms with Crippen LogP contribution in [-0.2, 0) is 4.79 Å². The number of aromatic nitrogens is 1. The van der Waals surface area contributed by atoms with Gasteiger partial charge in [0.25, 0.3) is 5.91 Å². The van der Waals surface area contributed by atoms with Crippen LogP contribution in [-0.4, -0.2) is 39.0 Å². The fraction of sp³-hybridized carbons (Fsp3) is 0.312. The number of aliphatic carboxylic acids is 1. The Morgan fingerprint density at radius 2 is 2.09 bits per heavy atom. The van der Waals surface area contributed by atoms with Crippen molar-refractivity contribution in [2.45, 2.75) is 31.8 Å². The van der Waals surface area contributed by atoms with Gasteiger partial charge in [0.1, 0.15) is 21.7 Å². The third-order valence-electron chi connectivity index (χ3n) is 3.77. The van der Waals surface area contributed by atoms with Gasteiger partial charge in [-0.2, -0.15) is 0 Å². The summed E-state index contributed by atoms with van der Waals surface area (Å²) in [5, 5.41) is 9.60. The second kappa shape index (κ2) is 6.08. The minimum atomic E-state index is -1.04.